The number of nitrogens with zero attached hydrogens (tertiary/aromatic N) is 1. The smallest absolute Gasteiger partial charge is 0.250 e. The second-order valence-corrected chi connectivity index (χ2v) is 13.2. The van der Waals surface area contributed by atoms with E-state index >= 15 is 0 Å². The molecule has 5 rings (SSSR count). The molecule has 3 N–H and O–H groups in total. The van der Waals surface area contributed by atoms with Crippen LogP contribution < -0.4 is 15.4 Å². The van der Waals surface area contributed by atoms with Crippen LogP contribution in [0.5, 0.6) is 5.75 Å². The van der Waals surface area contributed by atoms with Crippen molar-refractivity contribution in [1.29, 1.82) is 0 Å². The summed E-state index contributed by atoms with van der Waals surface area (Å²) in [6.07, 6.45) is 0.901. The summed E-state index contributed by atoms with van der Waals surface area (Å²) in [6.45, 7) is 11.8. The number of hydrogen-bond acceptors (Lipinski definition) is 6. The highest BCUT2D eigenvalue weighted by atomic mass is 35.5. The lowest BCUT2D eigenvalue weighted by atomic mass is 9.62. The fraction of sp³-hybridized carbons (Fsp3) is 0.545. The largest absolute Gasteiger partial charge is 0.494 e. The predicted octanol–water partition coefficient (Wildman–Crippen LogP) is 5.04. The molecule has 3 fully saturated rings. The minimum Gasteiger partial charge on any atom is -0.494 e. The summed E-state index contributed by atoms with van der Waals surface area (Å²) >= 11 is 6.48. The predicted molar refractivity (Wildman–Crippen MR) is 165 cm³/mol. The van der Waals surface area contributed by atoms with Crippen LogP contribution in [0, 0.1) is 30.6 Å². The first-order chi connectivity index (χ1) is 20.4. The van der Waals surface area contributed by atoms with Crippen LogP contribution in [0.2, 0.25) is 5.02 Å². The molecule has 3 aliphatic heterocycles. The van der Waals surface area contributed by atoms with Crippen LogP contribution in [0.1, 0.15) is 53.0 Å². The molecule has 7 atom stereocenters. The van der Waals surface area contributed by atoms with Crippen molar-refractivity contribution in [2.24, 2.45) is 23.7 Å². The minimum atomic E-state index is -1.25. The zero-order valence-corrected chi connectivity index (χ0v) is 26.4. The van der Waals surface area contributed by atoms with Gasteiger partial charge in [0.05, 0.1) is 47.4 Å². The lowest BCUT2D eigenvalue weighted by Crippen LogP contribution is -2.56. The van der Waals surface area contributed by atoms with Crippen molar-refractivity contribution < 1.29 is 29.0 Å². The molecule has 3 aliphatic rings. The Hall–Kier alpha value is -3.14. The highest BCUT2D eigenvalue weighted by molar-refractivity contribution is 6.34. The Balaban J connectivity index is 1.55. The van der Waals surface area contributed by atoms with E-state index in [1.54, 1.807) is 36.4 Å². The minimum absolute atomic E-state index is 0.123. The van der Waals surface area contributed by atoms with Gasteiger partial charge in [-0.05, 0) is 81.3 Å². The Kier molecular flexibility index (Phi) is 8.55. The molecule has 2 aromatic rings. The van der Waals surface area contributed by atoms with Crippen molar-refractivity contribution in [3.63, 3.8) is 0 Å². The highest BCUT2D eigenvalue weighted by Gasteiger charge is 2.80. The number of para-hydroxylation sites is 1. The van der Waals surface area contributed by atoms with Crippen molar-refractivity contribution in [1.82, 2.24) is 4.90 Å². The van der Waals surface area contributed by atoms with Gasteiger partial charge in [-0.25, -0.2) is 0 Å². The van der Waals surface area contributed by atoms with E-state index in [2.05, 4.69) is 10.6 Å². The van der Waals surface area contributed by atoms with Gasteiger partial charge in [0.25, 0.3) is 0 Å². The number of aryl methyl sites for hydroxylation is 1. The van der Waals surface area contributed by atoms with Gasteiger partial charge in [0.2, 0.25) is 17.7 Å². The van der Waals surface area contributed by atoms with Gasteiger partial charge in [0.15, 0.2) is 0 Å². The molecule has 9 nitrogen and oxygen atoms in total. The van der Waals surface area contributed by atoms with Crippen molar-refractivity contribution in [2.45, 2.75) is 77.7 Å². The van der Waals surface area contributed by atoms with Gasteiger partial charge in [0.1, 0.15) is 17.4 Å². The van der Waals surface area contributed by atoms with Gasteiger partial charge in [-0.1, -0.05) is 44.5 Å². The Morgan fingerprint density at radius 2 is 1.86 bits per heavy atom. The van der Waals surface area contributed by atoms with Gasteiger partial charge < -0.3 is 30.1 Å². The Morgan fingerprint density at radius 1 is 1.16 bits per heavy atom. The number of carbonyl (C=O) groups excluding carboxylic acids is 3. The molecule has 2 bridgehead atoms. The number of ether oxygens (including phenoxy) is 2. The van der Waals surface area contributed by atoms with Gasteiger partial charge in [0, 0.05) is 5.69 Å². The lowest BCUT2D eigenvalue weighted by molar-refractivity contribution is -0.148. The van der Waals surface area contributed by atoms with Gasteiger partial charge in [-0.3, -0.25) is 14.4 Å². The highest BCUT2D eigenvalue weighted by Crippen LogP contribution is 2.65. The van der Waals surface area contributed by atoms with Crippen LogP contribution in [-0.4, -0.2) is 64.2 Å². The summed E-state index contributed by atoms with van der Waals surface area (Å²) < 4.78 is 12.3. The van der Waals surface area contributed by atoms with Crippen LogP contribution in [0.15, 0.2) is 42.5 Å². The summed E-state index contributed by atoms with van der Waals surface area (Å²) in [5, 5.41) is 16.9. The monoisotopic (exact) mass is 611 g/mol. The first kappa shape index (κ1) is 31.3. The second kappa shape index (κ2) is 11.7. The molecule has 3 saturated heterocycles. The second-order valence-electron chi connectivity index (χ2n) is 12.8. The number of halogens is 1. The van der Waals surface area contributed by atoms with Crippen LogP contribution >= 0.6 is 11.6 Å². The number of rotatable bonds is 10. The Morgan fingerprint density at radius 3 is 2.47 bits per heavy atom. The molecule has 3 unspecified atom stereocenters. The average Bonchev–Trinajstić information content (AvgIpc) is 3.47. The molecular weight excluding hydrogens is 570 g/mol. The molecule has 43 heavy (non-hydrogen) atoms. The van der Waals surface area contributed by atoms with E-state index in [9.17, 15) is 19.5 Å². The number of hydrogen-bond donors (Lipinski definition) is 3. The SMILES string of the molecule is CCOc1ccc(NC(=O)[C@@H]2[C@H]3C(=O)N([C@@H](CO)CC(C)C)C(C(=O)Nc4c(C)cccc4Cl)C34CC(C)[C@@]2(C)O4)cc1. The number of likely N-dealkylation sites (tertiary alicyclic amines) is 1. The molecule has 1 spiro atoms. The number of anilines is 2. The van der Waals surface area contributed by atoms with Gasteiger partial charge >= 0.3 is 0 Å². The maximum atomic E-state index is 14.5. The quantitative estimate of drug-likeness (QED) is 0.346. The van der Waals surface area contributed by atoms with E-state index in [1.807, 2.05) is 47.6 Å². The number of benzene rings is 2. The van der Waals surface area contributed by atoms with E-state index in [4.69, 9.17) is 21.1 Å². The summed E-state index contributed by atoms with van der Waals surface area (Å²) in [4.78, 5) is 44.4. The van der Waals surface area contributed by atoms with Crippen LogP contribution in [0.3, 0.4) is 0 Å². The van der Waals surface area contributed by atoms with Crippen LogP contribution in [-0.2, 0) is 19.1 Å². The normalized spacial score (nSPS) is 30.0. The third kappa shape index (κ3) is 5.19. The molecule has 3 heterocycles. The lowest BCUT2D eigenvalue weighted by Gasteiger charge is -2.37. The van der Waals surface area contributed by atoms with E-state index < -0.39 is 41.0 Å². The number of fused-ring (bicyclic) bond motifs is 1. The zero-order valence-electron chi connectivity index (χ0n) is 25.6. The molecule has 0 aromatic heterocycles. The van der Waals surface area contributed by atoms with Crippen LogP contribution in [0.4, 0.5) is 11.4 Å². The maximum absolute atomic E-state index is 14.5. The van der Waals surface area contributed by atoms with Gasteiger partial charge in [-0.2, -0.15) is 0 Å². The van der Waals surface area contributed by atoms with E-state index in [0.717, 1.165) is 5.56 Å². The van der Waals surface area contributed by atoms with E-state index in [0.29, 0.717) is 41.6 Å². The average molecular weight is 612 g/mol. The van der Waals surface area contributed by atoms with Crippen molar-refractivity contribution in [2.75, 3.05) is 23.8 Å². The standard InChI is InChI=1S/C33H42ClN3O6/c1-7-42-23-13-11-21(12-14-23)35-29(39)25-26-31(41)37(22(17-38)15-18(2)3)28(33(26)16-20(5)32(25,6)43-33)30(40)36-27-19(4)9-8-10-24(27)34/h8-14,18,20,22,25-26,28,38H,7,15-17H2,1-6H3,(H,35,39)(H,36,40)/t20?,22-,25+,26+,28?,32-,33?/m1/s1. The molecule has 0 saturated carbocycles. The Bertz CT molecular complexity index is 1380. The third-order valence-electron chi connectivity index (χ3n) is 9.53. The summed E-state index contributed by atoms with van der Waals surface area (Å²) in [5.41, 5.74) is -0.428. The first-order valence-electron chi connectivity index (χ1n) is 15.1. The topological polar surface area (TPSA) is 117 Å². The molecule has 10 heteroatoms. The molecule has 0 radical (unpaired) electrons. The number of aliphatic hydroxyl groups is 1. The summed E-state index contributed by atoms with van der Waals surface area (Å²) in [7, 11) is 0. The molecular formula is C33H42ClN3O6. The molecule has 0 aliphatic carbocycles. The third-order valence-corrected chi connectivity index (χ3v) is 9.85. The fourth-order valence-electron chi connectivity index (χ4n) is 7.59. The van der Waals surface area contributed by atoms with Crippen molar-refractivity contribution in [3.05, 3.63) is 53.1 Å². The number of amides is 3. The summed E-state index contributed by atoms with van der Waals surface area (Å²) in [6, 6.07) is 10.7. The molecule has 232 valence electrons. The number of nitrogens with one attached hydrogen (secondary N) is 2. The molecule has 2 aromatic carbocycles. The molecule has 3 amide bonds. The van der Waals surface area contributed by atoms with Gasteiger partial charge in [-0.15, -0.1) is 0 Å². The van der Waals surface area contributed by atoms with E-state index in [1.165, 1.54) is 4.90 Å². The summed E-state index contributed by atoms with van der Waals surface area (Å²) in [5.74, 6) is -2.18. The van der Waals surface area contributed by atoms with Crippen LogP contribution in [0.25, 0.3) is 0 Å². The first-order valence-corrected chi connectivity index (χ1v) is 15.5. The van der Waals surface area contributed by atoms with Crippen molar-refractivity contribution in [3.8, 4) is 5.75 Å². The maximum Gasteiger partial charge on any atom is 0.250 e. The van der Waals surface area contributed by atoms with E-state index in [-0.39, 0.29) is 30.3 Å². The Labute approximate surface area is 258 Å². The number of carbonyl (C=O) groups is 3. The fourth-order valence-corrected chi connectivity index (χ4v) is 7.86. The van der Waals surface area contributed by atoms with Crippen molar-refractivity contribution >= 4 is 40.7 Å². The zero-order chi connectivity index (χ0) is 31.3. The number of aliphatic hydroxyl groups excluding tert-OH is 1.